The molecular formula is C20H19N3O2. The van der Waals surface area contributed by atoms with Crippen LogP contribution in [0.2, 0.25) is 0 Å². The van der Waals surface area contributed by atoms with Crippen molar-refractivity contribution in [2.45, 2.75) is 18.9 Å². The van der Waals surface area contributed by atoms with Crippen molar-refractivity contribution < 1.29 is 9.53 Å². The molecular weight excluding hydrogens is 314 g/mol. The molecule has 1 aromatic carbocycles. The van der Waals surface area contributed by atoms with Crippen molar-refractivity contribution in [3.05, 3.63) is 66.6 Å². The third kappa shape index (κ3) is 3.18. The minimum atomic E-state index is -0.00551. The molecule has 0 radical (unpaired) electrons. The van der Waals surface area contributed by atoms with E-state index in [1.807, 2.05) is 47.4 Å². The van der Waals surface area contributed by atoms with E-state index in [9.17, 15) is 4.79 Å². The van der Waals surface area contributed by atoms with Gasteiger partial charge in [-0.15, -0.1) is 0 Å². The average Bonchev–Trinajstić information content (AvgIpc) is 3.17. The smallest absolute Gasteiger partial charge is 0.261 e. The monoisotopic (exact) mass is 333 g/mol. The van der Waals surface area contributed by atoms with E-state index in [4.69, 9.17) is 4.74 Å². The maximum absolute atomic E-state index is 12.7. The zero-order valence-corrected chi connectivity index (χ0v) is 13.8. The van der Waals surface area contributed by atoms with Gasteiger partial charge in [0, 0.05) is 24.3 Å². The lowest BCUT2D eigenvalue weighted by molar-refractivity contribution is -0.134. The van der Waals surface area contributed by atoms with E-state index in [2.05, 4.69) is 9.97 Å². The van der Waals surface area contributed by atoms with Crippen LogP contribution in [0.4, 0.5) is 0 Å². The van der Waals surface area contributed by atoms with Gasteiger partial charge in [-0.05, 0) is 43.2 Å². The molecule has 2 aromatic heterocycles. The summed E-state index contributed by atoms with van der Waals surface area (Å²) in [5, 5.41) is 0.917. The van der Waals surface area contributed by atoms with E-state index in [1.165, 1.54) is 0 Å². The molecule has 1 saturated heterocycles. The molecule has 4 rings (SSSR count). The second-order valence-electron chi connectivity index (χ2n) is 6.11. The van der Waals surface area contributed by atoms with Crippen LogP contribution in [0.25, 0.3) is 10.9 Å². The van der Waals surface area contributed by atoms with Crippen LogP contribution < -0.4 is 4.74 Å². The molecule has 126 valence electrons. The van der Waals surface area contributed by atoms with Crippen molar-refractivity contribution in [1.82, 2.24) is 14.9 Å². The highest BCUT2D eigenvalue weighted by Gasteiger charge is 2.30. The number of aromatic nitrogens is 2. The lowest BCUT2D eigenvalue weighted by Gasteiger charge is -2.24. The summed E-state index contributed by atoms with van der Waals surface area (Å²) in [5.41, 5.74) is 1.81. The summed E-state index contributed by atoms with van der Waals surface area (Å²) in [6, 6.07) is 15.4. The number of rotatable bonds is 4. The number of carbonyl (C=O) groups is 1. The first-order valence-electron chi connectivity index (χ1n) is 8.50. The van der Waals surface area contributed by atoms with Gasteiger partial charge in [-0.2, -0.15) is 0 Å². The van der Waals surface area contributed by atoms with Crippen LogP contribution in [0, 0.1) is 0 Å². The average molecular weight is 333 g/mol. The normalized spacial score (nSPS) is 17.0. The number of ether oxygens (including phenoxy) is 1. The van der Waals surface area contributed by atoms with Crippen molar-refractivity contribution in [1.29, 1.82) is 0 Å². The third-order valence-corrected chi connectivity index (χ3v) is 4.56. The number of carbonyl (C=O) groups excluding carboxylic acids is 1. The molecule has 5 nitrogen and oxygen atoms in total. The number of fused-ring (bicyclic) bond motifs is 1. The van der Waals surface area contributed by atoms with Gasteiger partial charge in [0.1, 0.15) is 5.75 Å². The standard InChI is InChI=1S/C20H19N3O2/c24-20(23-13-5-9-18(23)17-8-3-4-11-21-17)14-25-19-10-12-22-16-7-2-1-6-15(16)19/h1-4,6-8,10-12,18H,5,9,13-14H2. The number of nitrogens with zero attached hydrogens (tertiary/aromatic N) is 3. The van der Waals surface area contributed by atoms with Crippen LogP contribution in [0.3, 0.4) is 0 Å². The predicted molar refractivity (Wildman–Crippen MR) is 95.2 cm³/mol. The first-order valence-corrected chi connectivity index (χ1v) is 8.50. The molecule has 1 fully saturated rings. The van der Waals surface area contributed by atoms with Crippen molar-refractivity contribution in [3.8, 4) is 5.75 Å². The summed E-state index contributed by atoms with van der Waals surface area (Å²) in [5.74, 6) is 0.682. The third-order valence-electron chi connectivity index (χ3n) is 4.56. The van der Waals surface area contributed by atoms with Gasteiger partial charge in [0.05, 0.1) is 17.3 Å². The Hall–Kier alpha value is -2.95. The van der Waals surface area contributed by atoms with E-state index in [-0.39, 0.29) is 18.6 Å². The lowest BCUT2D eigenvalue weighted by atomic mass is 10.1. The lowest BCUT2D eigenvalue weighted by Crippen LogP contribution is -2.34. The fourth-order valence-electron chi connectivity index (χ4n) is 3.36. The van der Waals surface area contributed by atoms with Gasteiger partial charge in [-0.25, -0.2) is 0 Å². The number of benzene rings is 1. The van der Waals surface area contributed by atoms with Gasteiger partial charge < -0.3 is 9.64 Å². The Bertz CT molecular complexity index is 877. The van der Waals surface area contributed by atoms with E-state index >= 15 is 0 Å². The molecule has 5 heteroatoms. The van der Waals surface area contributed by atoms with Gasteiger partial charge in [0.15, 0.2) is 6.61 Å². The highest BCUT2D eigenvalue weighted by atomic mass is 16.5. The Labute approximate surface area is 146 Å². The molecule has 3 aromatic rings. The zero-order chi connectivity index (χ0) is 17.1. The summed E-state index contributed by atoms with van der Waals surface area (Å²) in [6.45, 7) is 0.776. The molecule has 1 amide bonds. The summed E-state index contributed by atoms with van der Waals surface area (Å²) in [4.78, 5) is 23.3. The van der Waals surface area contributed by atoms with Crippen LogP contribution >= 0.6 is 0 Å². The van der Waals surface area contributed by atoms with E-state index < -0.39 is 0 Å². The molecule has 1 unspecified atom stereocenters. The van der Waals surface area contributed by atoms with E-state index in [1.54, 1.807) is 18.5 Å². The Morgan fingerprint density at radius 1 is 1.08 bits per heavy atom. The molecule has 0 N–H and O–H groups in total. The molecule has 0 spiro atoms. The number of pyridine rings is 2. The summed E-state index contributed by atoms with van der Waals surface area (Å²) < 4.78 is 5.83. The number of amides is 1. The Morgan fingerprint density at radius 3 is 2.84 bits per heavy atom. The Balaban J connectivity index is 1.48. The van der Waals surface area contributed by atoms with Crippen LogP contribution in [0.5, 0.6) is 5.75 Å². The highest BCUT2D eigenvalue weighted by Crippen LogP contribution is 2.31. The zero-order valence-electron chi connectivity index (χ0n) is 13.8. The topological polar surface area (TPSA) is 55.3 Å². The maximum Gasteiger partial charge on any atom is 0.261 e. The Morgan fingerprint density at radius 2 is 1.96 bits per heavy atom. The molecule has 3 heterocycles. The molecule has 1 atom stereocenters. The van der Waals surface area contributed by atoms with Crippen molar-refractivity contribution in [2.75, 3.05) is 13.2 Å². The van der Waals surface area contributed by atoms with Crippen molar-refractivity contribution in [2.24, 2.45) is 0 Å². The van der Waals surface area contributed by atoms with Crippen molar-refractivity contribution >= 4 is 16.8 Å². The van der Waals surface area contributed by atoms with Gasteiger partial charge in [-0.1, -0.05) is 18.2 Å². The SMILES string of the molecule is O=C(COc1ccnc2ccccc12)N1CCCC1c1ccccn1. The van der Waals surface area contributed by atoms with Crippen LogP contribution in [-0.2, 0) is 4.79 Å². The molecule has 1 aliphatic rings. The van der Waals surface area contributed by atoms with Crippen molar-refractivity contribution in [3.63, 3.8) is 0 Å². The predicted octanol–water partition coefficient (Wildman–Crippen LogP) is 3.37. The highest BCUT2D eigenvalue weighted by molar-refractivity contribution is 5.85. The molecule has 1 aliphatic heterocycles. The molecule has 0 aliphatic carbocycles. The number of likely N-dealkylation sites (tertiary alicyclic amines) is 1. The van der Waals surface area contributed by atoms with Gasteiger partial charge in [-0.3, -0.25) is 14.8 Å². The summed E-state index contributed by atoms with van der Waals surface area (Å²) in [6.07, 6.45) is 5.41. The molecule has 0 saturated carbocycles. The van der Waals surface area contributed by atoms with Crippen LogP contribution in [-0.4, -0.2) is 33.9 Å². The van der Waals surface area contributed by atoms with Crippen LogP contribution in [0.1, 0.15) is 24.6 Å². The van der Waals surface area contributed by atoms with Gasteiger partial charge >= 0.3 is 0 Å². The largest absolute Gasteiger partial charge is 0.483 e. The number of hydrogen-bond acceptors (Lipinski definition) is 4. The second kappa shape index (κ2) is 6.89. The first-order chi connectivity index (χ1) is 12.3. The molecule has 25 heavy (non-hydrogen) atoms. The number of hydrogen-bond donors (Lipinski definition) is 0. The summed E-state index contributed by atoms with van der Waals surface area (Å²) in [7, 11) is 0. The minimum absolute atomic E-state index is 0.00551. The van der Waals surface area contributed by atoms with E-state index in [0.29, 0.717) is 5.75 Å². The van der Waals surface area contributed by atoms with Gasteiger partial charge in [0.25, 0.3) is 5.91 Å². The van der Waals surface area contributed by atoms with E-state index in [0.717, 1.165) is 36.0 Å². The minimum Gasteiger partial charge on any atom is -0.483 e. The first kappa shape index (κ1) is 15.6. The quantitative estimate of drug-likeness (QED) is 0.734. The fraction of sp³-hybridized carbons (Fsp3) is 0.250. The van der Waals surface area contributed by atoms with Gasteiger partial charge in [0.2, 0.25) is 0 Å². The number of para-hydroxylation sites is 1. The molecule has 0 bridgehead atoms. The summed E-state index contributed by atoms with van der Waals surface area (Å²) >= 11 is 0. The fourth-order valence-corrected chi connectivity index (χ4v) is 3.36. The van der Waals surface area contributed by atoms with Crippen LogP contribution in [0.15, 0.2) is 60.9 Å². The Kier molecular flexibility index (Phi) is 4.29. The second-order valence-corrected chi connectivity index (χ2v) is 6.11. The maximum atomic E-state index is 12.7.